The van der Waals surface area contributed by atoms with Crippen LogP contribution in [0.1, 0.15) is 17.2 Å². The highest BCUT2D eigenvalue weighted by Crippen LogP contribution is 2.30. The molecule has 0 spiro atoms. The van der Waals surface area contributed by atoms with E-state index < -0.39 is 22.0 Å². The molecule has 3 rings (SSSR count). The molecule has 0 aliphatic carbocycles. The summed E-state index contributed by atoms with van der Waals surface area (Å²) in [5.74, 6) is 0.374. The third-order valence-electron chi connectivity index (χ3n) is 5.13. The number of methoxy groups -OCH3 is 2. The zero-order chi connectivity index (χ0) is 24.0. The molecule has 0 aliphatic heterocycles. The lowest BCUT2D eigenvalue weighted by Crippen LogP contribution is -2.42. The van der Waals surface area contributed by atoms with Gasteiger partial charge < -0.3 is 15.2 Å². The molecule has 0 heterocycles. The lowest BCUT2D eigenvalue weighted by molar-refractivity contribution is -0.121. The maximum atomic E-state index is 13.7. The van der Waals surface area contributed by atoms with Crippen LogP contribution in [0.5, 0.6) is 11.5 Å². The molecule has 174 valence electrons. The fraction of sp³-hybridized carbons (Fsp3) is 0.208. The fourth-order valence-electron chi connectivity index (χ4n) is 3.49. The molecule has 3 aromatic rings. The number of amides is 1. The number of ether oxygens (including phenoxy) is 2. The average molecular weight is 489 g/mol. The van der Waals surface area contributed by atoms with Crippen molar-refractivity contribution in [2.45, 2.75) is 17.4 Å². The van der Waals surface area contributed by atoms with Crippen LogP contribution in [0.4, 0.5) is 0 Å². The van der Waals surface area contributed by atoms with Crippen molar-refractivity contribution in [1.29, 1.82) is 0 Å². The number of primary amides is 1. The molecule has 9 heteroatoms. The molecule has 0 radical (unpaired) electrons. The summed E-state index contributed by atoms with van der Waals surface area (Å²) in [6.07, 6.45) is 0.289. The van der Waals surface area contributed by atoms with Gasteiger partial charge in [0.05, 0.1) is 19.1 Å². The molecule has 0 bridgehead atoms. The number of hydrogen-bond donors (Lipinski definition) is 1. The van der Waals surface area contributed by atoms with Crippen LogP contribution in [0.15, 0.2) is 77.7 Å². The first-order valence-corrected chi connectivity index (χ1v) is 11.9. The van der Waals surface area contributed by atoms with Gasteiger partial charge in [-0.3, -0.25) is 4.79 Å². The molecule has 0 aliphatic rings. The topological polar surface area (TPSA) is 98.9 Å². The first kappa shape index (κ1) is 24.6. The highest BCUT2D eigenvalue weighted by atomic mass is 35.5. The van der Waals surface area contributed by atoms with Gasteiger partial charge in [-0.1, -0.05) is 41.9 Å². The molecule has 7 nitrogen and oxygen atoms in total. The van der Waals surface area contributed by atoms with E-state index in [0.717, 1.165) is 9.87 Å². The number of carbonyl (C=O) groups excluding carboxylic acids is 1. The lowest BCUT2D eigenvalue weighted by Gasteiger charge is -2.29. The van der Waals surface area contributed by atoms with E-state index >= 15 is 0 Å². The Morgan fingerprint density at radius 2 is 1.55 bits per heavy atom. The highest BCUT2D eigenvalue weighted by Gasteiger charge is 2.35. The number of benzene rings is 3. The molecule has 33 heavy (non-hydrogen) atoms. The second kappa shape index (κ2) is 10.7. The number of hydrogen-bond acceptors (Lipinski definition) is 5. The predicted molar refractivity (Wildman–Crippen MR) is 127 cm³/mol. The van der Waals surface area contributed by atoms with Gasteiger partial charge in [-0.05, 0) is 53.9 Å². The van der Waals surface area contributed by atoms with Crippen LogP contribution < -0.4 is 15.2 Å². The molecule has 1 unspecified atom stereocenters. The maximum absolute atomic E-state index is 13.7. The first-order valence-electron chi connectivity index (χ1n) is 10.1. The Hall–Kier alpha value is -3.07. The molecule has 0 aromatic heterocycles. The monoisotopic (exact) mass is 488 g/mol. The van der Waals surface area contributed by atoms with E-state index in [1.165, 1.54) is 38.5 Å². The Morgan fingerprint density at radius 3 is 2.06 bits per heavy atom. The summed E-state index contributed by atoms with van der Waals surface area (Å²) in [6, 6.07) is 18.5. The summed E-state index contributed by atoms with van der Waals surface area (Å²) >= 11 is 5.94. The Morgan fingerprint density at radius 1 is 0.970 bits per heavy atom. The quantitative estimate of drug-likeness (QED) is 0.467. The van der Waals surface area contributed by atoms with Gasteiger partial charge in [0.2, 0.25) is 15.9 Å². The van der Waals surface area contributed by atoms with Crippen molar-refractivity contribution in [2.75, 3.05) is 20.8 Å². The van der Waals surface area contributed by atoms with Gasteiger partial charge in [-0.2, -0.15) is 4.31 Å². The Balaban J connectivity index is 2.05. The number of halogens is 1. The van der Waals surface area contributed by atoms with Gasteiger partial charge in [0, 0.05) is 17.6 Å². The van der Waals surface area contributed by atoms with Crippen molar-refractivity contribution in [3.8, 4) is 11.5 Å². The van der Waals surface area contributed by atoms with Gasteiger partial charge in [-0.15, -0.1) is 0 Å². The Labute approximate surface area is 198 Å². The summed E-state index contributed by atoms with van der Waals surface area (Å²) in [4.78, 5) is 12.6. The van der Waals surface area contributed by atoms with E-state index in [1.54, 1.807) is 48.5 Å². The summed E-state index contributed by atoms with van der Waals surface area (Å²) in [6.45, 7) is -0.0101. The number of sulfonamides is 1. The minimum Gasteiger partial charge on any atom is -0.497 e. The van der Waals surface area contributed by atoms with Crippen LogP contribution in [0.2, 0.25) is 5.02 Å². The zero-order valence-electron chi connectivity index (χ0n) is 18.3. The molecule has 1 atom stereocenters. The summed E-state index contributed by atoms with van der Waals surface area (Å²) in [7, 11) is -1.03. The number of carbonyl (C=O) groups is 1. The molecule has 0 fully saturated rings. The number of rotatable bonds is 10. The largest absolute Gasteiger partial charge is 0.497 e. The average Bonchev–Trinajstić information content (AvgIpc) is 2.81. The van der Waals surface area contributed by atoms with Crippen molar-refractivity contribution in [2.24, 2.45) is 5.73 Å². The third kappa shape index (κ3) is 5.84. The van der Waals surface area contributed by atoms with Crippen LogP contribution in [0, 0.1) is 0 Å². The number of nitrogens with zero attached hydrogens (tertiary/aromatic N) is 1. The van der Waals surface area contributed by atoms with Crippen molar-refractivity contribution >= 4 is 27.5 Å². The lowest BCUT2D eigenvalue weighted by atomic mass is 10.1. The Bertz CT molecular complexity index is 1180. The van der Waals surface area contributed by atoms with Gasteiger partial charge in [0.1, 0.15) is 17.5 Å². The predicted octanol–water partition coefficient (Wildman–Crippen LogP) is 3.82. The van der Waals surface area contributed by atoms with Crippen LogP contribution in [-0.2, 0) is 21.2 Å². The van der Waals surface area contributed by atoms with Gasteiger partial charge >= 0.3 is 0 Å². The third-order valence-corrected chi connectivity index (χ3v) is 7.26. The van der Waals surface area contributed by atoms with Gasteiger partial charge in [0.25, 0.3) is 0 Å². The molecule has 2 N–H and O–H groups in total. The number of nitrogens with two attached hydrogens (primary N) is 1. The second-order valence-electron chi connectivity index (χ2n) is 7.26. The zero-order valence-corrected chi connectivity index (χ0v) is 19.8. The van der Waals surface area contributed by atoms with Crippen molar-refractivity contribution in [1.82, 2.24) is 4.31 Å². The van der Waals surface area contributed by atoms with Crippen molar-refractivity contribution in [3.05, 3.63) is 88.9 Å². The molecule has 0 saturated carbocycles. The standard InChI is InChI=1S/C24H25ClN2O5S/c1-31-20-14-17(15-21(16-20)32-2)12-13-27(23(24(26)28)18-6-4-3-5-7-18)33(29,30)22-10-8-19(25)9-11-22/h3-11,14-16,23H,12-13H2,1-2H3,(H2,26,28). The van der Waals surface area contributed by atoms with Crippen LogP contribution in [-0.4, -0.2) is 39.4 Å². The molecule has 0 saturated heterocycles. The Kier molecular flexibility index (Phi) is 7.97. The van der Waals surface area contributed by atoms with Gasteiger partial charge in [0.15, 0.2) is 0 Å². The van der Waals surface area contributed by atoms with E-state index in [2.05, 4.69) is 0 Å². The first-order chi connectivity index (χ1) is 15.8. The van der Waals surface area contributed by atoms with Crippen molar-refractivity contribution < 1.29 is 22.7 Å². The van der Waals surface area contributed by atoms with E-state index in [1.807, 2.05) is 0 Å². The van der Waals surface area contributed by atoms with E-state index in [-0.39, 0.29) is 17.9 Å². The SMILES string of the molecule is COc1cc(CCN(C(C(N)=O)c2ccccc2)S(=O)(=O)c2ccc(Cl)cc2)cc(OC)c1. The van der Waals surface area contributed by atoms with E-state index in [9.17, 15) is 13.2 Å². The highest BCUT2D eigenvalue weighted by molar-refractivity contribution is 7.89. The van der Waals surface area contributed by atoms with Crippen LogP contribution in [0.25, 0.3) is 0 Å². The molecule has 3 aromatic carbocycles. The van der Waals surface area contributed by atoms with Crippen molar-refractivity contribution in [3.63, 3.8) is 0 Å². The molecular formula is C24H25ClN2O5S. The summed E-state index contributed by atoms with van der Waals surface area (Å²) in [5, 5.41) is 0.401. The minimum atomic E-state index is -4.10. The maximum Gasteiger partial charge on any atom is 0.244 e. The second-order valence-corrected chi connectivity index (χ2v) is 9.58. The van der Waals surface area contributed by atoms with Gasteiger partial charge in [-0.25, -0.2) is 8.42 Å². The molecular weight excluding hydrogens is 464 g/mol. The van der Waals surface area contributed by atoms with E-state index in [0.29, 0.717) is 22.1 Å². The molecule has 1 amide bonds. The van der Waals surface area contributed by atoms with Crippen LogP contribution in [0.3, 0.4) is 0 Å². The normalized spacial score (nSPS) is 12.4. The summed E-state index contributed by atoms with van der Waals surface area (Å²) in [5.41, 5.74) is 6.98. The minimum absolute atomic E-state index is 0.0101. The fourth-order valence-corrected chi connectivity index (χ4v) is 5.20. The van der Waals surface area contributed by atoms with E-state index in [4.69, 9.17) is 26.8 Å². The van der Waals surface area contributed by atoms with Crippen LogP contribution >= 0.6 is 11.6 Å². The smallest absolute Gasteiger partial charge is 0.244 e. The summed E-state index contributed by atoms with van der Waals surface area (Å²) < 4.78 is 39.1.